The van der Waals surface area contributed by atoms with E-state index in [0.717, 1.165) is 166 Å². The second-order valence-corrected chi connectivity index (χ2v) is 20.4. The molecule has 0 aliphatic carbocycles. The van der Waals surface area contributed by atoms with E-state index in [1.807, 2.05) is 24.3 Å². The topological polar surface area (TPSA) is 72.2 Å². The monoisotopic (exact) mass is 1010 g/mol. The molecule has 0 radical (unpaired) electrons. The maximum Gasteiger partial charge on any atom is 0.159 e. The number of nitrogens with zero attached hydrogens (tertiary/aromatic N) is 2. The molecule has 0 saturated heterocycles. The van der Waals surface area contributed by atoms with Gasteiger partial charge in [0.15, 0.2) is 11.2 Å². The maximum atomic E-state index is 6.96. The van der Waals surface area contributed by atoms with Crippen molar-refractivity contribution < 1.29 is 22.1 Å². The third-order valence-corrected chi connectivity index (χ3v) is 16.0. The molecule has 17 aromatic rings. The summed E-state index contributed by atoms with van der Waals surface area (Å²) in [5.74, 6) is 0. The molecule has 0 fully saturated rings. The van der Waals surface area contributed by atoms with E-state index in [4.69, 9.17) is 22.1 Å². The molecule has 0 aliphatic rings. The summed E-state index contributed by atoms with van der Waals surface area (Å²) in [5, 5.41) is 12.6. The van der Waals surface area contributed by atoms with Crippen LogP contribution in [-0.4, -0.2) is 0 Å². The average molecular weight is 1020 g/mol. The van der Waals surface area contributed by atoms with Crippen LogP contribution in [0.25, 0.3) is 132 Å². The minimum atomic E-state index is 0.796. The number of anilines is 6. The lowest BCUT2D eigenvalue weighted by atomic mass is 9.98. The summed E-state index contributed by atoms with van der Waals surface area (Å²) in [4.78, 5) is 4.68. The zero-order valence-electron chi connectivity index (χ0n) is 42.2. The number of benzene rings is 12. The van der Waals surface area contributed by atoms with E-state index in [1.54, 1.807) is 12.5 Å². The Balaban J connectivity index is 0.850. The van der Waals surface area contributed by atoms with Crippen LogP contribution >= 0.6 is 0 Å². The molecule has 7 heteroatoms. The van der Waals surface area contributed by atoms with Crippen LogP contribution in [0.4, 0.5) is 34.1 Å². The van der Waals surface area contributed by atoms with Gasteiger partial charge >= 0.3 is 0 Å². The number of fused-ring (bicyclic) bond motifs is 13. The van der Waals surface area contributed by atoms with Gasteiger partial charge in [-0.05, 0) is 142 Å². The van der Waals surface area contributed by atoms with Gasteiger partial charge in [-0.3, -0.25) is 0 Å². The Morgan fingerprint density at radius 1 is 0.253 bits per heavy atom. The van der Waals surface area contributed by atoms with Crippen molar-refractivity contribution >= 4 is 143 Å². The molecular weight excluding hydrogens is 973 g/mol. The number of rotatable bonds is 8. The van der Waals surface area contributed by atoms with Crippen molar-refractivity contribution in [2.45, 2.75) is 0 Å². The molecule has 0 N–H and O–H groups in total. The molecule has 0 saturated carbocycles. The molecule has 17 rings (SSSR count). The van der Waals surface area contributed by atoms with Gasteiger partial charge in [0.05, 0.1) is 35.3 Å². The number of furan rings is 5. The molecule has 0 unspecified atom stereocenters. The highest BCUT2D eigenvalue weighted by atomic mass is 16.3. The predicted octanol–water partition coefficient (Wildman–Crippen LogP) is 21.5. The van der Waals surface area contributed by atoms with Crippen LogP contribution in [0.2, 0.25) is 0 Å². The quantitative estimate of drug-likeness (QED) is 0.150. The minimum Gasteiger partial charge on any atom is -0.464 e. The Morgan fingerprint density at radius 2 is 0.696 bits per heavy atom. The van der Waals surface area contributed by atoms with Crippen molar-refractivity contribution in [2.75, 3.05) is 9.80 Å². The fourth-order valence-corrected chi connectivity index (χ4v) is 12.3. The van der Waals surface area contributed by atoms with Crippen molar-refractivity contribution in [1.29, 1.82) is 0 Å². The molecule has 0 bridgehead atoms. The number of hydrogen-bond acceptors (Lipinski definition) is 7. The van der Waals surface area contributed by atoms with Crippen molar-refractivity contribution in [3.05, 3.63) is 255 Å². The van der Waals surface area contributed by atoms with Crippen LogP contribution in [0.5, 0.6) is 0 Å². The van der Waals surface area contributed by atoms with Crippen LogP contribution in [0.1, 0.15) is 0 Å². The predicted molar refractivity (Wildman–Crippen MR) is 323 cm³/mol. The van der Waals surface area contributed by atoms with Crippen LogP contribution in [0.3, 0.4) is 0 Å². The summed E-state index contributed by atoms with van der Waals surface area (Å²) >= 11 is 0. The van der Waals surface area contributed by atoms with Crippen molar-refractivity contribution in [1.82, 2.24) is 0 Å². The Hall–Kier alpha value is -10.8. The van der Waals surface area contributed by atoms with Gasteiger partial charge < -0.3 is 31.9 Å². The zero-order valence-corrected chi connectivity index (χ0v) is 42.2. The van der Waals surface area contributed by atoms with Crippen molar-refractivity contribution in [3.8, 4) is 22.3 Å². The molecule has 0 aliphatic heterocycles. The van der Waals surface area contributed by atoms with Crippen LogP contribution < -0.4 is 9.80 Å². The highest BCUT2D eigenvalue weighted by Gasteiger charge is 2.28. The molecule has 0 atom stereocenters. The van der Waals surface area contributed by atoms with E-state index >= 15 is 0 Å². The van der Waals surface area contributed by atoms with E-state index in [-0.39, 0.29) is 0 Å². The lowest BCUT2D eigenvalue weighted by Gasteiger charge is -2.29. The Labute approximate surface area is 450 Å². The van der Waals surface area contributed by atoms with Gasteiger partial charge in [-0.15, -0.1) is 0 Å². The summed E-state index contributed by atoms with van der Waals surface area (Å²) < 4.78 is 32.8. The molecule has 5 heterocycles. The average Bonchev–Trinajstić information content (AvgIpc) is 4.49. The molecular formula is C72H42N2O5. The SMILES string of the molecule is c1ccc(-c2ccc3occc3c2N(c2ccc3cc4c(cc3c2)oc2cc3cc(N(c5c(-c6ccccc6)ccc6occc56)c5cccc6c5oc5ccccc56)ccc3cc24)c2cccc3c2oc2ccccc23)cc1. The van der Waals surface area contributed by atoms with Gasteiger partial charge in [0.1, 0.15) is 33.5 Å². The standard InChI is InChI=1S/C72H42N2O5/c1-3-13-43(14-4-1)51-29-31-63-57(33-35-75-63)69(51)73(61-21-11-19-55-53-17-7-9-23-65(53)78-71(55)61)49-27-25-45-39-59-60-40-46-26-28-50(38-48(46)42-68(60)77-67(59)41-47(45)37-49)74(62-22-12-20-56-54-18-8-10-24-66(54)79-72(56)62)70-52(44-15-5-2-6-16-44)30-32-64-58(70)34-36-76-64/h1-42H. The van der Waals surface area contributed by atoms with E-state index in [0.29, 0.717) is 0 Å². The Kier molecular flexibility index (Phi) is 9.28. The fraction of sp³-hybridized carbons (Fsp3) is 0. The van der Waals surface area contributed by atoms with E-state index < -0.39 is 0 Å². The molecule has 0 amide bonds. The molecule has 5 aromatic heterocycles. The molecule has 7 nitrogen and oxygen atoms in total. The summed E-state index contributed by atoms with van der Waals surface area (Å²) in [6.45, 7) is 0. The number of para-hydroxylation sites is 4. The minimum absolute atomic E-state index is 0.796. The lowest BCUT2D eigenvalue weighted by Crippen LogP contribution is -2.12. The highest BCUT2D eigenvalue weighted by Crippen LogP contribution is 2.52. The van der Waals surface area contributed by atoms with E-state index in [1.165, 1.54) is 0 Å². The van der Waals surface area contributed by atoms with Crippen LogP contribution in [0, 0.1) is 0 Å². The van der Waals surface area contributed by atoms with Crippen LogP contribution in [0.15, 0.2) is 277 Å². The first-order chi connectivity index (χ1) is 39.1. The lowest BCUT2D eigenvalue weighted by molar-refractivity contribution is 0.615. The molecule has 12 aromatic carbocycles. The van der Waals surface area contributed by atoms with Gasteiger partial charge in [0.25, 0.3) is 0 Å². The van der Waals surface area contributed by atoms with Gasteiger partial charge in [-0.1, -0.05) is 133 Å². The second-order valence-electron chi connectivity index (χ2n) is 20.4. The summed E-state index contributed by atoms with van der Waals surface area (Å²) in [6, 6.07) is 85.3. The molecule has 370 valence electrons. The maximum absolute atomic E-state index is 6.96. The highest BCUT2D eigenvalue weighted by molar-refractivity contribution is 6.18. The van der Waals surface area contributed by atoms with Gasteiger partial charge in [-0.25, -0.2) is 0 Å². The summed E-state index contributed by atoms with van der Waals surface area (Å²) in [5.41, 5.74) is 16.5. The van der Waals surface area contributed by atoms with Gasteiger partial charge in [0.2, 0.25) is 0 Å². The van der Waals surface area contributed by atoms with Crippen LogP contribution in [-0.2, 0) is 0 Å². The smallest absolute Gasteiger partial charge is 0.159 e. The third kappa shape index (κ3) is 6.66. The second kappa shape index (κ2) is 16.9. The first-order valence-corrected chi connectivity index (χ1v) is 26.5. The zero-order chi connectivity index (χ0) is 51.7. The third-order valence-electron chi connectivity index (χ3n) is 16.0. The van der Waals surface area contributed by atoms with Crippen molar-refractivity contribution in [3.63, 3.8) is 0 Å². The Bertz CT molecular complexity index is 4960. The van der Waals surface area contributed by atoms with Gasteiger partial charge in [-0.2, -0.15) is 0 Å². The van der Waals surface area contributed by atoms with Crippen molar-refractivity contribution in [2.24, 2.45) is 0 Å². The first-order valence-electron chi connectivity index (χ1n) is 26.5. The Morgan fingerprint density at radius 3 is 1.18 bits per heavy atom. The largest absolute Gasteiger partial charge is 0.464 e. The molecule has 79 heavy (non-hydrogen) atoms. The summed E-state index contributed by atoms with van der Waals surface area (Å²) in [6.07, 6.45) is 3.54. The number of hydrogen-bond donors (Lipinski definition) is 0. The summed E-state index contributed by atoms with van der Waals surface area (Å²) in [7, 11) is 0. The normalized spacial score (nSPS) is 12.1. The molecule has 0 spiro atoms. The van der Waals surface area contributed by atoms with E-state index in [2.05, 4.69) is 228 Å². The van der Waals surface area contributed by atoms with E-state index in [9.17, 15) is 0 Å². The fourth-order valence-electron chi connectivity index (χ4n) is 12.3. The van der Waals surface area contributed by atoms with Gasteiger partial charge in [0, 0.05) is 65.6 Å². The first kappa shape index (κ1) is 43.5.